The van der Waals surface area contributed by atoms with Crippen molar-refractivity contribution in [3.63, 3.8) is 0 Å². The molecule has 3 rings (SSSR count). The van der Waals surface area contributed by atoms with Crippen LogP contribution in [0.15, 0.2) is 0 Å². The van der Waals surface area contributed by atoms with Crippen LogP contribution < -0.4 is 0 Å². The maximum atomic E-state index is 11.6. The number of hydrogen-bond acceptors (Lipinski definition) is 3. The van der Waals surface area contributed by atoms with E-state index in [0.29, 0.717) is 12.0 Å². The average Bonchev–Trinajstić information content (AvgIpc) is 2.14. The van der Waals surface area contributed by atoms with Crippen molar-refractivity contribution in [3.05, 3.63) is 0 Å². The summed E-state index contributed by atoms with van der Waals surface area (Å²) in [6.45, 7) is 2.22. The molecule has 0 N–H and O–H groups in total. The van der Waals surface area contributed by atoms with Gasteiger partial charge in [0, 0.05) is 6.04 Å². The number of likely N-dealkylation sites (N-methyl/N-ethyl adjacent to an activating group) is 1. The van der Waals surface area contributed by atoms with E-state index in [9.17, 15) is 4.79 Å². The molecule has 3 fully saturated rings. The Kier molecular flexibility index (Phi) is 1.88. The van der Waals surface area contributed by atoms with E-state index in [1.165, 1.54) is 13.5 Å². The van der Waals surface area contributed by atoms with Crippen molar-refractivity contribution in [2.24, 2.45) is 5.92 Å². The quantitative estimate of drug-likeness (QED) is 0.569. The molecule has 0 radical (unpaired) electrons. The molecule has 3 aliphatic rings. The number of carbonyl (C=O) groups is 1. The predicted octanol–water partition coefficient (Wildman–Crippen LogP) is 1.03. The number of nitrogens with zero attached hydrogens (tertiary/aromatic N) is 1. The second kappa shape index (κ2) is 2.71. The highest BCUT2D eigenvalue weighted by Crippen LogP contribution is 2.48. The normalized spacial score (nSPS) is 43.9. The van der Waals surface area contributed by atoms with Crippen LogP contribution in [0, 0.1) is 5.92 Å². The lowest BCUT2D eigenvalue weighted by molar-refractivity contribution is -0.182. The molecular weight excluding hydrogens is 166 g/mol. The van der Waals surface area contributed by atoms with Gasteiger partial charge in [0.1, 0.15) is 5.54 Å². The number of hydrogen-bond donors (Lipinski definition) is 0. The summed E-state index contributed by atoms with van der Waals surface area (Å²) in [6, 6.07) is 0.614. The summed E-state index contributed by atoms with van der Waals surface area (Å²) < 4.78 is 4.87. The third-order valence-corrected chi connectivity index (χ3v) is 3.72. The van der Waals surface area contributed by atoms with Crippen LogP contribution in [-0.2, 0) is 9.53 Å². The van der Waals surface area contributed by atoms with E-state index < -0.39 is 0 Å². The molecule has 2 bridgehead atoms. The monoisotopic (exact) mass is 183 g/mol. The van der Waals surface area contributed by atoms with E-state index in [1.54, 1.807) is 0 Å². The maximum absolute atomic E-state index is 11.6. The second-order valence-electron chi connectivity index (χ2n) is 4.54. The number of carbonyl (C=O) groups excluding carboxylic acids is 1. The van der Waals surface area contributed by atoms with Crippen molar-refractivity contribution in [2.45, 2.75) is 37.8 Å². The smallest absolute Gasteiger partial charge is 0.326 e. The molecule has 0 aromatic heterocycles. The predicted molar refractivity (Wildman–Crippen MR) is 49.3 cm³/mol. The summed E-state index contributed by atoms with van der Waals surface area (Å²) in [4.78, 5) is 13.8. The van der Waals surface area contributed by atoms with E-state index >= 15 is 0 Å². The minimum atomic E-state index is -0.267. The average molecular weight is 183 g/mol. The Balaban J connectivity index is 2.18. The lowest BCUT2D eigenvalue weighted by Crippen LogP contribution is -2.72. The number of ether oxygens (including phenoxy) is 1. The van der Waals surface area contributed by atoms with E-state index in [-0.39, 0.29) is 11.5 Å². The van der Waals surface area contributed by atoms with Crippen LogP contribution in [0.4, 0.5) is 0 Å². The largest absolute Gasteiger partial charge is 0.468 e. The van der Waals surface area contributed by atoms with Gasteiger partial charge in [-0.3, -0.25) is 9.69 Å². The number of esters is 1. The SMILES string of the molecule is COC(=O)C12CC(C[C@@H](C)C1)N2C. The molecule has 13 heavy (non-hydrogen) atoms. The van der Waals surface area contributed by atoms with Crippen molar-refractivity contribution < 1.29 is 9.53 Å². The van der Waals surface area contributed by atoms with Gasteiger partial charge in [0.2, 0.25) is 0 Å². The lowest BCUT2D eigenvalue weighted by atomic mass is 9.65. The highest BCUT2D eigenvalue weighted by molar-refractivity contribution is 5.82. The van der Waals surface area contributed by atoms with Gasteiger partial charge in [-0.2, -0.15) is 0 Å². The molecule has 74 valence electrons. The summed E-state index contributed by atoms with van der Waals surface area (Å²) in [5.41, 5.74) is -0.267. The maximum Gasteiger partial charge on any atom is 0.326 e. The van der Waals surface area contributed by atoms with Crippen molar-refractivity contribution >= 4 is 5.97 Å². The molecule has 2 saturated heterocycles. The Morgan fingerprint density at radius 3 is 2.77 bits per heavy atom. The van der Waals surface area contributed by atoms with Gasteiger partial charge in [-0.15, -0.1) is 0 Å². The first-order chi connectivity index (χ1) is 6.10. The summed E-state index contributed by atoms with van der Waals surface area (Å²) in [7, 11) is 3.52. The molecule has 2 heterocycles. The molecule has 2 unspecified atom stereocenters. The number of methoxy groups -OCH3 is 1. The van der Waals surface area contributed by atoms with Gasteiger partial charge in [-0.1, -0.05) is 6.92 Å². The van der Waals surface area contributed by atoms with Crippen molar-refractivity contribution in [3.8, 4) is 0 Å². The Morgan fingerprint density at radius 1 is 1.54 bits per heavy atom. The van der Waals surface area contributed by atoms with Crippen molar-refractivity contribution in [1.82, 2.24) is 4.90 Å². The first-order valence-electron chi connectivity index (χ1n) is 4.91. The zero-order valence-electron chi connectivity index (χ0n) is 8.54. The van der Waals surface area contributed by atoms with Crippen LogP contribution in [0.1, 0.15) is 26.2 Å². The zero-order valence-corrected chi connectivity index (χ0v) is 8.54. The third kappa shape index (κ3) is 1.03. The molecule has 3 heteroatoms. The molecule has 0 aromatic rings. The van der Waals surface area contributed by atoms with Crippen LogP contribution in [0.25, 0.3) is 0 Å². The topological polar surface area (TPSA) is 29.5 Å². The molecule has 1 aliphatic carbocycles. The molecule has 2 aliphatic heterocycles. The summed E-state index contributed by atoms with van der Waals surface area (Å²) in [6.07, 6.45) is 3.20. The highest BCUT2D eigenvalue weighted by atomic mass is 16.5. The van der Waals surface area contributed by atoms with Crippen LogP contribution in [0.5, 0.6) is 0 Å². The standard InChI is InChI=1S/C10H17NO2/c1-7-4-8-6-10(5-7,11(8)2)9(12)13-3/h7-8H,4-6H2,1-3H3/t7-,8?,10?/m1/s1. The van der Waals surface area contributed by atoms with Crippen molar-refractivity contribution in [2.75, 3.05) is 14.2 Å². The Hall–Kier alpha value is -0.570. The fraction of sp³-hybridized carbons (Fsp3) is 0.900. The fourth-order valence-corrected chi connectivity index (χ4v) is 3.00. The molecule has 0 spiro atoms. The molecule has 3 nitrogen and oxygen atoms in total. The minimum Gasteiger partial charge on any atom is -0.468 e. The van der Waals surface area contributed by atoms with E-state index in [0.717, 1.165) is 12.8 Å². The van der Waals surface area contributed by atoms with Gasteiger partial charge in [-0.05, 0) is 32.2 Å². The van der Waals surface area contributed by atoms with Gasteiger partial charge in [0.15, 0.2) is 0 Å². The number of piperidine rings is 1. The molecular formula is C10H17NO2. The fourth-order valence-electron chi connectivity index (χ4n) is 3.00. The zero-order chi connectivity index (χ0) is 9.64. The summed E-state index contributed by atoms with van der Waals surface area (Å²) in [5, 5.41) is 0. The van der Waals surface area contributed by atoms with Crippen molar-refractivity contribution in [1.29, 1.82) is 0 Å². The van der Waals surface area contributed by atoms with Gasteiger partial charge >= 0.3 is 5.97 Å². The minimum absolute atomic E-state index is 0.0437. The van der Waals surface area contributed by atoms with Crippen LogP contribution in [0.2, 0.25) is 0 Å². The Morgan fingerprint density at radius 2 is 2.23 bits per heavy atom. The van der Waals surface area contributed by atoms with Crippen LogP contribution >= 0.6 is 0 Å². The Labute approximate surface area is 79.0 Å². The second-order valence-corrected chi connectivity index (χ2v) is 4.54. The number of rotatable bonds is 1. The lowest BCUT2D eigenvalue weighted by Gasteiger charge is -2.60. The molecule has 3 atom stereocenters. The van der Waals surface area contributed by atoms with Gasteiger partial charge in [-0.25, -0.2) is 0 Å². The van der Waals surface area contributed by atoms with E-state index in [2.05, 4.69) is 11.8 Å². The van der Waals surface area contributed by atoms with Crippen LogP contribution in [-0.4, -0.2) is 36.6 Å². The Bertz CT molecular complexity index is 241. The van der Waals surface area contributed by atoms with E-state index in [4.69, 9.17) is 4.74 Å². The molecule has 1 saturated carbocycles. The third-order valence-electron chi connectivity index (χ3n) is 3.72. The van der Waals surface area contributed by atoms with E-state index in [1.807, 2.05) is 7.05 Å². The number of fused-ring (bicyclic) bond motifs is 2. The molecule has 0 amide bonds. The summed E-state index contributed by atoms with van der Waals surface area (Å²) >= 11 is 0. The van der Waals surface area contributed by atoms with Gasteiger partial charge < -0.3 is 4.74 Å². The van der Waals surface area contributed by atoms with Gasteiger partial charge in [0.05, 0.1) is 7.11 Å². The van der Waals surface area contributed by atoms with Crippen LogP contribution in [0.3, 0.4) is 0 Å². The van der Waals surface area contributed by atoms with Gasteiger partial charge in [0.25, 0.3) is 0 Å². The first-order valence-corrected chi connectivity index (χ1v) is 4.91. The molecule has 0 aromatic carbocycles. The first kappa shape index (κ1) is 9.00. The highest BCUT2D eigenvalue weighted by Gasteiger charge is 2.59. The summed E-state index contributed by atoms with van der Waals surface area (Å²) in [5.74, 6) is 0.617.